The molecule has 0 atom stereocenters. The second-order valence-corrected chi connectivity index (χ2v) is 3.47. The Kier molecular flexibility index (Phi) is 5.25. The Morgan fingerprint density at radius 3 is 2.50 bits per heavy atom. The first-order valence-electron chi connectivity index (χ1n) is 5.62. The van der Waals surface area contributed by atoms with E-state index in [0.717, 1.165) is 19.4 Å². The van der Waals surface area contributed by atoms with Crippen LogP contribution in [0.5, 0.6) is 0 Å². The highest BCUT2D eigenvalue weighted by atomic mass is 16.1. The number of hydrogen-bond donors (Lipinski definition) is 2. The van der Waals surface area contributed by atoms with Crippen LogP contribution in [0, 0.1) is 0 Å². The summed E-state index contributed by atoms with van der Waals surface area (Å²) < 4.78 is 0. The molecule has 0 spiro atoms. The van der Waals surface area contributed by atoms with Crippen molar-refractivity contribution in [3.8, 4) is 0 Å². The Hall–Kier alpha value is -1.65. The van der Waals surface area contributed by atoms with Gasteiger partial charge in [-0.3, -0.25) is 4.79 Å². The molecule has 0 unspecified atom stereocenters. The van der Waals surface area contributed by atoms with Crippen LogP contribution in [0.2, 0.25) is 0 Å². The van der Waals surface area contributed by atoms with E-state index in [1.54, 1.807) is 6.20 Å². The number of carbonyl (C=O) groups excluding carboxylic acids is 1. The quantitative estimate of drug-likeness (QED) is 0.764. The van der Waals surface area contributed by atoms with Crippen LogP contribution < -0.4 is 10.6 Å². The van der Waals surface area contributed by atoms with Gasteiger partial charge in [-0.25, -0.2) is 9.97 Å². The van der Waals surface area contributed by atoms with Crippen molar-refractivity contribution >= 4 is 11.7 Å². The SMILES string of the molecule is CCCNC(=O)c1cnc(NCCC)cn1. The molecular weight excluding hydrogens is 204 g/mol. The molecule has 5 nitrogen and oxygen atoms in total. The molecule has 16 heavy (non-hydrogen) atoms. The average Bonchev–Trinajstić information content (AvgIpc) is 2.34. The lowest BCUT2D eigenvalue weighted by atomic mass is 10.4. The first kappa shape index (κ1) is 12.4. The molecule has 0 aliphatic heterocycles. The number of aromatic nitrogens is 2. The maximum atomic E-state index is 11.5. The molecule has 1 aromatic rings. The van der Waals surface area contributed by atoms with Gasteiger partial charge in [0.25, 0.3) is 5.91 Å². The zero-order chi connectivity index (χ0) is 11.8. The van der Waals surface area contributed by atoms with E-state index in [2.05, 4.69) is 27.5 Å². The molecular formula is C11H18N4O. The minimum atomic E-state index is -0.170. The molecule has 0 bridgehead atoms. The summed E-state index contributed by atoms with van der Waals surface area (Å²) in [5.41, 5.74) is 0.357. The third-order valence-corrected chi connectivity index (χ3v) is 1.98. The van der Waals surface area contributed by atoms with Crippen molar-refractivity contribution in [2.45, 2.75) is 26.7 Å². The molecule has 1 rings (SSSR count). The highest BCUT2D eigenvalue weighted by molar-refractivity contribution is 5.91. The number of carbonyl (C=O) groups is 1. The summed E-state index contributed by atoms with van der Waals surface area (Å²) in [6.45, 7) is 5.60. The van der Waals surface area contributed by atoms with Gasteiger partial charge in [-0.05, 0) is 12.8 Å². The second-order valence-electron chi connectivity index (χ2n) is 3.47. The van der Waals surface area contributed by atoms with Gasteiger partial charge in [0.05, 0.1) is 12.4 Å². The van der Waals surface area contributed by atoms with E-state index in [-0.39, 0.29) is 5.91 Å². The van der Waals surface area contributed by atoms with Crippen LogP contribution in [-0.4, -0.2) is 29.0 Å². The largest absolute Gasteiger partial charge is 0.369 e. The Morgan fingerprint density at radius 2 is 1.94 bits per heavy atom. The van der Waals surface area contributed by atoms with E-state index in [4.69, 9.17) is 0 Å². The Balaban J connectivity index is 2.53. The molecule has 2 N–H and O–H groups in total. The highest BCUT2D eigenvalue weighted by Crippen LogP contribution is 2.00. The van der Waals surface area contributed by atoms with E-state index in [9.17, 15) is 4.79 Å². The molecule has 1 heterocycles. The fourth-order valence-electron chi connectivity index (χ4n) is 1.12. The van der Waals surface area contributed by atoms with Crippen LogP contribution in [0.25, 0.3) is 0 Å². The Morgan fingerprint density at radius 1 is 1.19 bits per heavy atom. The van der Waals surface area contributed by atoms with E-state index in [0.29, 0.717) is 18.1 Å². The monoisotopic (exact) mass is 222 g/mol. The van der Waals surface area contributed by atoms with Gasteiger partial charge in [-0.2, -0.15) is 0 Å². The maximum absolute atomic E-state index is 11.5. The van der Waals surface area contributed by atoms with Crippen LogP contribution in [-0.2, 0) is 0 Å². The van der Waals surface area contributed by atoms with Crippen molar-refractivity contribution in [3.63, 3.8) is 0 Å². The zero-order valence-corrected chi connectivity index (χ0v) is 9.79. The third kappa shape index (κ3) is 3.84. The smallest absolute Gasteiger partial charge is 0.271 e. The maximum Gasteiger partial charge on any atom is 0.271 e. The van der Waals surface area contributed by atoms with Gasteiger partial charge < -0.3 is 10.6 Å². The molecule has 0 saturated heterocycles. The molecule has 0 aliphatic rings. The predicted molar refractivity (Wildman–Crippen MR) is 63.4 cm³/mol. The minimum Gasteiger partial charge on any atom is -0.369 e. The van der Waals surface area contributed by atoms with Crippen LogP contribution in [0.15, 0.2) is 12.4 Å². The van der Waals surface area contributed by atoms with Gasteiger partial charge in [0, 0.05) is 13.1 Å². The molecule has 0 aromatic carbocycles. The van der Waals surface area contributed by atoms with Crippen molar-refractivity contribution in [2.24, 2.45) is 0 Å². The Bertz CT molecular complexity index is 323. The summed E-state index contributed by atoms with van der Waals surface area (Å²) in [5, 5.41) is 5.85. The molecule has 5 heteroatoms. The molecule has 0 radical (unpaired) electrons. The topological polar surface area (TPSA) is 66.9 Å². The zero-order valence-electron chi connectivity index (χ0n) is 9.79. The number of nitrogens with one attached hydrogen (secondary N) is 2. The summed E-state index contributed by atoms with van der Waals surface area (Å²) in [6, 6.07) is 0. The van der Waals surface area contributed by atoms with Crippen molar-refractivity contribution in [1.29, 1.82) is 0 Å². The number of rotatable bonds is 6. The van der Waals surface area contributed by atoms with Crippen molar-refractivity contribution < 1.29 is 4.79 Å². The fourth-order valence-corrected chi connectivity index (χ4v) is 1.12. The van der Waals surface area contributed by atoms with E-state index < -0.39 is 0 Å². The van der Waals surface area contributed by atoms with Crippen molar-refractivity contribution in [3.05, 3.63) is 18.1 Å². The summed E-state index contributed by atoms with van der Waals surface area (Å²) in [7, 11) is 0. The van der Waals surface area contributed by atoms with E-state index in [1.165, 1.54) is 6.20 Å². The van der Waals surface area contributed by atoms with Crippen LogP contribution in [0.4, 0.5) is 5.82 Å². The van der Waals surface area contributed by atoms with E-state index in [1.807, 2.05) is 6.92 Å². The lowest BCUT2D eigenvalue weighted by Gasteiger charge is -2.04. The first-order chi connectivity index (χ1) is 7.77. The average molecular weight is 222 g/mol. The van der Waals surface area contributed by atoms with Gasteiger partial charge in [-0.15, -0.1) is 0 Å². The van der Waals surface area contributed by atoms with Crippen LogP contribution >= 0.6 is 0 Å². The number of nitrogens with zero attached hydrogens (tertiary/aromatic N) is 2. The summed E-state index contributed by atoms with van der Waals surface area (Å²) in [4.78, 5) is 19.7. The predicted octanol–water partition coefficient (Wildman–Crippen LogP) is 1.44. The van der Waals surface area contributed by atoms with Crippen molar-refractivity contribution in [1.82, 2.24) is 15.3 Å². The number of anilines is 1. The first-order valence-corrected chi connectivity index (χ1v) is 5.62. The summed E-state index contributed by atoms with van der Waals surface area (Å²) in [5.74, 6) is 0.533. The van der Waals surface area contributed by atoms with Gasteiger partial charge in [0.2, 0.25) is 0 Å². The highest BCUT2D eigenvalue weighted by Gasteiger charge is 2.06. The molecule has 88 valence electrons. The fraction of sp³-hybridized carbons (Fsp3) is 0.545. The second kappa shape index (κ2) is 6.76. The van der Waals surface area contributed by atoms with E-state index >= 15 is 0 Å². The van der Waals surface area contributed by atoms with Crippen LogP contribution in [0.3, 0.4) is 0 Å². The standard InChI is InChI=1S/C11H18N4O/c1-3-5-12-10-8-14-9(7-15-10)11(16)13-6-4-2/h7-8H,3-6H2,1-2H3,(H,12,15)(H,13,16). The molecule has 0 saturated carbocycles. The third-order valence-electron chi connectivity index (χ3n) is 1.98. The summed E-state index contributed by atoms with van der Waals surface area (Å²) >= 11 is 0. The summed E-state index contributed by atoms with van der Waals surface area (Å²) in [6.07, 6.45) is 5.01. The van der Waals surface area contributed by atoms with Gasteiger partial charge in [0.15, 0.2) is 0 Å². The minimum absolute atomic E-state index is 0.170. The molecule has 0 fully saturated rings. The Labute approximate surface area is 95.7 Å². The van der Waals surface area contributed by atoms with Gasteiger partial charge >= 0.3 is 0 Å². The molecule has 1 amide bonds. The number of amides is 1. The van der Waals surface area contributed by atoms with Gasteiger partial charge in [-0.1, -0.05) is 13.8 Å². The van der Waals surface area contributed by atoms with Crippen LogP contribution in [0.1, 0.15) is 37.2 Å². The normalized spacial score (nSPS) is 9.88. The lowest BCUT2D eigenvalue weighted by Crippen LogP contribution is -2.25. The van der Waals surface area contributed by atoms with Gasteiger partial charge in [0.1, 0.15) is 11.5 Å². The molecule has 0 aliphatic carbocycles. The van der Waals surface area contributed by atoms with Crippen molar-refractivity contribution in [2.75, 3.05) is 18.4 Å². The lowest BCUT2D eigenvalue weighted by molar-refractivity contribution is 0.0948. The number of hydrogen-bond acceptors (Lipinski definition) is 4. The molecule has 1 aromatic heterocycles.